The normalized spacial score (nSPS) is 15.0. The summed E-state index contributed by atoms with van der Waals surface area (Å²) < 4.78 is 17.7. The van der Waals surface area contributed by atoms with Gasteiger partial charge in [0.05, 0.1) is 11.3 Å². The maximum absolute atomic E-state index is 13.8. The van der Waals surface area contributed by atoms with Crippen LogP contribution in [0.4, 0.5) is 4.39 Å². The topological polar surface area (TPSA) is 75.2 Å². The fourth-order valence-electron chi connectivity index (χ4n) is 3.24. The summed E-state index contributed by atoms with van der Waals surface area (Å²) in [5.74, 6) is -0.582. The highest BCUT2D eigenvalue weighted by atomic mass is 32.1. The number of piperidine rings is 1. The predicted octanol–water partition coefficient (Wildman–Crippen LogP) is 2.91. The molecule has 1 aliphatic heterocycles. The highest BCUT2D eigenvalue weighted by molar-refractivity contribution is 7.08. The molecular formula is C19H23FN4O2S. The predicted molar refractivity (Wildman–Crippen MR) is 101 cm³/mol. The average molecular weight is 390 g/mol. The van der Waals surface area contributed by atoms with E-state index in [0.29, 0.717) is 30.4 Å². The van der Waals surface area contributed by atoms with Crippen LogP contribution in [0.3, 0.4) is 0 Å². The van der Waals surface area contributed by atoms with E-state index in [1.807, 2.05) is 6.92 Å². The van der Waals surface area contributed by atoms with Crippen LogP contribution < -0.4 is 5.32 Å². The Kier molecular flexibility index (Phi) is 6.49. The van der Waals surface area contributed by atoms with Gasteiger partial charge in [0.25, 0.3) is 11.8 Å². The Morgan fingerprint density at radius 1 is 1.30 bits per heavy atom. The maximum Gasteiger partial charge on any atom is 0.264 e. The lowest BCUT2D eigenvalue weighted by Crippen LogP contribution is -2.41. The fourth-order valence-corrected chi connectivity index (χ4v) is 3.87. The van der Waals surface area contributed by atoms with Gasteiger partial charge in [0.15, 0.2) is 0 Å². The van der Waals surface area contributed by atoms with Gasteiger partial charge in [0.1, 0.15) is 10.7 Å². The van der Waals surface area contributed by atoms with E-state index in [9.17, 15) is 14.0 Å². The molecule has 0 unspecified atom stereocenters. The highest BCUT2D eigenvalue weighted by Gasteiger charge is 2.26. The molecule has 1 aromatic heterocycles. The molecule has 1 saturated heterocycles. The molecule has 2 heterocycles. The van der Waals surface area contributed by atoms with Crippen LogP contribution in [0.15, 0.2) is 24.3 Å². The molecule has 0 radical (unpaired) electrons. The van der Waals surface area contributed by atoms with Crippen LogP contribution >= 0.6 is 11.5 Å². The van der Waals surface area contributed by atoms with E-state index in [0.717, 1.165) is 42.9 Å². The quantitative estimate of drug-likeness (QED) is 0.823. The van der Waals surface area contributed by atoms with E-state index in [-0.39, 0.29) is 17.4 Å². The molecule has 0 atom stereocenters. The number of nitrogens with zero attached hydrogens (tertiary/aromatic N) is 3. The van der Waals surface area contributed by atoms with Crippen LogP contribution in [0.2, 0.25) is 0 Å². The third-order valence-electron chi connectivity index (χ3n) is 4.81. The summed E-state index contributed by atoms with van der Waals surface area (Å²) in [7, 11) is 0. The lowest BCUT2D eigenvalue weighted by molar-refractivity contribution is 0.0679. The van der Waals surface area contributed by atoms with Crippen LogP contribution in [0.5, 0.6) is 0 Å². The number of nitrogens with one attached hydrogen (secondary N) is 1. The zero-order chi connectivity index (χ0) is 19.2. The van der Waals surface area contributed by atoms with Gasteiger partial charge in [-0.25, -0.2) is 4.39 Å². The number of hydrogen-bond donors (Lipinski definition) is 1. The molecule has 0 aliphatic carbocycles. The minimum atomic E-state index is -0.488. The van der Waals surface area contributed by atoms with Crippen molar-refractivity contribution in [3.8, 4) is 0 Å². The number of aromatic nitrogens is 2. The SMILES string of the molecule is CCCc1nnsc1C(=O)NCC1CCN(C(=O)c2ccccc2F)CC1. The largest absolute Gasteiger partial charge is 0.351 e. The Balaban J connectivity index is 1.48. The summed E-state index contributed by atoms with van der Waals surface area (Å²) in [6.45, 7) is 3.73. The Hall–Kier alpha value is -2.35. The van der Waals surface area contributed by atoms with Gasteiger partial charge in [-0.1, -0.05) is 30.0 Å². The van der Waals surface area contributed by atoms with Crippen molar-refractivity contribution in [3.63, 3.8) is 0 Å². The number of hydrogen-bond acceptors (Lipinski definition) is 5. The second kappa shape index (κ2) is 9.03. The van der Waals surface area contributed by atoms with E-state index in [4.69, 9.17) is 0 Å². The molecule has 2 amide bonds. The van der Waals surface area contributed by atoms with Gasteiger partial charge >= 0.3 is 0 Å². The first-order valence-corrected chi connectivity index (χ1v) is 10.0. The van der Waals surface area contributed by atoms with Gasteiger partial charge in [-0.2, -0.15) is 0 Å². The molecule has 1 N–H and O–H groups in total. The lowest BCUT2D eigenvalue weighted by atomic mass is 9.96. The van der Waals surface area contributed by atoms with Crippen LogP contribution in [0, 0.1) is 11.7 Å². The van der Waals surface area contributed by atoms with E-state index < -0.39 is 5.82 Å². The van der Waals surface area contributed by atoms with Crippen molar-refractivity contribution in [3.05, 3.63) is 46.2 Å². The number of rotatable bonds is 6. The Morgan fingerprint density at radius 2 is 2.04 bits per heavy atom. The molecule has 8 heteroatoms. The highest BCUT2D eigenvalue weighted by Crippen LogP contribution is 2.20. The summed E-state index contributed by atoms with van der Waals surface area (Å²) in [5, 5.41) is 6.99. The van der Waals surface area contributed by atoms with Crippen molar-refractivity contribution >= 4 is 23.3 Å². The fraction of sp³-hybridized carbons (Fsp3) is 0.474. The zero-order valence-corrected chi connectivity index (χ0v) is 16.1. The molecular weight excluding hydrogens is 367 g/mol. The first kappa shape index (κ1) is 19.4. The van der Waals surface area contributed by atoms with Crippen molar-refractivity contribution in [1.82, 2.24) is 19.8 Å². The van der Waals surface area contributed by atoms with Crippen LogP contribution in [-0.2, 0) is 6.42 Å². The number of benzene rings is 1. The molecule has 1 aliphatic rings. The maximum atomic E-state index is 13.8. The number of aryl methyl sites for hydroxylation is 1. The monoisotopic (exact) mass is 390 g/mol. The van der Waals surface area contributed by atoms with Crippen molar-refractivity contribution in [2.45, 2.75) is 32.6 Å². The first-order chi connectivity index (χ1) is 13.1. The van der Waals surface area contributed by atoms with Gasteiger partial charge in [0.2, 0.25) is 0 Å². The molecule has 0 bridgehead atoms. The van der Waals surface area contributed by atoms with E-state index in [1.165, 1.54) is 12.1 Å². The van der Waals surface area contributed by atoms with Gasteiger partial charge in [0, 0.05) is 19.6 Å². The van der Waals surface area contributed by atoms with Crippen LogP contribution in [0.1, 0.15) is 51.9 Å². The summed E-state index contributed by atoms with van der Waals surface area (Å²) in [5.41, 5.74) is 0.871. The molecule has 3 rings (SSSR count). The van der Waals surface area contributed by atoms with Crippen molar-refractivity contribution in [2.24, 2.45) is 5.92 Å². The number of carbonyl (C=O) groups excluding carboxylic acids is 2. The summed E-state index contributed by atoms with van der Waals surface area (Å²) in [6.07, 6.45) is 3.22. The van der Waals surface area contributed by atoms with Gasteiger partial charge in [-0.15, -0.1) is 5.10 Å². The Bertz CT molecular complexity index is 803. The average Bonchev–Trinajstić information content (AvgIpc) is 3.15. The second-order valence-electron chi connectivity index (χ2n) is 6.72. The lowest BCUT2D eigenvalue weighted by Gasteiger charge is -2.32. The number of likely N-dealkylation sites (tertiary alicyclic amines) is 1. The van der Waals surface area contributed by atoms with Crippen molar-refractivity contribution in [2.75, 3.05) is 19.6 Å². The molecule has 0 spiro atoms. The number of carbonyl (C=O) groups is 2. The number of halogens is 1. The Labute approximate surface area is 161 Å². The Morgan fingerprint density at radius 3 is 2.74 bits per heavy atom. The molecule has 0 saturated carbocycles. The third kappa shape index (κ3) is 4.68. The zero-order valence-electron chi connectivity index (χ0n) is 15.3. The summed E-state index contributed by atoms with van der Waals surface area (Å²) in [4.78, 5) is 27.1. The smallest absolute Gasteiger partial charge is 0.264 e. The van der Waals surface area contributed by atoms with Crippen molar-refractivity contribution in [1.29, 1.82) is 0 Å². The summed E-state index contributed by atoms with van der Waals surface area (Å²) >= 11 is 1.13. The molecule has 2 aromatic rings. The minimum Gasteiger partial charge on any atom is -0.351 e. The molecule has 27 heavy (non-hydrogen) atoms. The standard InChI is InChI=1S/C19H23FN4O2S/c1-2-5-16-17(27-23-22-16)18(25)21-12-13-8-10-24(11-9-13)19(26)14-6-3-4-7-15(14)20/h3-4,6-7,13H,2,5,8-12H2,1H3,(H,21,25). The van der Waals surface area contributed by atoms with Gasteiger partial charge in [-0.05, 0) is 48.8 Å². The second-order valence-corrected chi connectivity index (χ2v) is 7.48. The molecule has 144 valence electrons. The van der Waals surface area contributed by atoms with Gasteiger partial charge < -0.3 is 10.2 Å². The minimum absolute atomic E-state index is 0.116. The van der Waals surface area contributed by atoms with Gasteiger partial charge in [-0.3, -0.25) is 9.59 Å². The van der Waals surface area contributed by atoms with E-state index in [2.05, 4.69) is 14.9 Å². The van der Waals surface area contributed by atoms with E-state index in [1.54, 1.807) is 17.0 Å². The first-order valence-electron chi connectivity index (χ1n) is 9.23. The third-order valence-corrected chi connectivity index (χ3v) is 5.57. The number of amides is 2. The van der Waals surface area contributed by atoms with Crippen LogP contribution in [-0.4, -0.2) is 45.9 Å². The van der Waals surface area contributed by atoms with Crippen LogP contribution in [0.25, 0.3) is 0 Å². The van der Waals surface area contributed by atoms with E-state index >= 15 is 0 Å². The van der Waals surface area contributed by atoms with Crippen molar-refractivity contribution < 1.29 is 14.0 Å². The molecule has 1 aromatic carbocycles. The summed E-state index contributed by atoms with van der Waals surface area (Å²) in [6, 6.07) is 6.06. The molecule has 6 nitrogen and oxygen atoms in total. The molecule has 1 fully saturated rings.